The summed E-state index contributed by atoms with van der Waals surface area (Å²) in [5, 5.41) is 3.47. The highest BCUT2D eigenvalue weighted by Gasteiger charge is 2.08. The molecule has 4 heteroatoms. The van der Waals surface area contributed by atoms with Crippen molar-refractivity contribution in [3.05, 3.63) is 28.5 Å². The van der Waals surface area contributed by atoms with Crippen LogP contribution in [0, 0.1) is 5.82 Å². The standard InChI is InChI=1S/C10H13ClFNO/c1-13-4-3-7-5-8(12)6-9(14-2)10(7)11/h5-6,13H,3-4H2,1-2H3. The SMILES string of the molecule is CNCCc1cc(F)cc(OC)c1Cl. The van der Waals surface area contributed by atoms with Gasteiger partial charge in [-0.2, -0.15) is 0 Å². The molecule has 0 aliphatic rings. The molecule has 1 rings (SSSR count). The second-order valence-electron chi connectivity index (χ2n) is 2.93. The van der Waals surface area contributed by atoms with E-state index in [1.54, 1.807) is 0 Å². The maximum Gasteiger partial charge on any atom is 0.140 e. The fourth-order valence-corrected chi connectivity index (χ4v) is 1.49. The van der Waals surface area contributed by atoms with Crippen LogP contribution in [0.2, 0.25) is 5.02 Å². The highest BCUT2D eigenvalue weighted by Crippen LogP contribution is 2.29. The van der Waals surface area contributed by atoms with E-state index in [4.69, 9.17) is 16.3 Å². The third kappa shape index (κ3) is 2.59. The minimum absolute atomic E-state index is 0.322. The van der Waals surface area contributed by atoms with Crippen molar-refractivity contribution in [2.45, 2.75) is 6.42 Å². The summed E-state index contributed by atoms with van der Waals surface area (Å²) in [6, 6.07) is 2.72. The first kappa shape index (κ1) is 11.3. The molecule has 0 saturated heterocycles. The summed E-state index contributed by atoms with van der Waals surface area (Å²) in [4.78, 5) is 0. The molecule has 1 aromatic rings. The van der Waals surface area contributed by atoms with Crippen molar-refractivity contribution < 1.29 is 9.13 Å². The molecule has 0 aliphatic carbocycles. The first-order valence-electron chi connectivity index (χ1n) is 4.35. The van der Waals surface area contributed by atoms with E-state index in [0.29, 0.717) is 17.2 Å². The lowest BCUT2D eigenvalue weighted by Crippen LogP contribution is -2.10. The van der Waals surface area contributed by atoms with Crippen molar-refractivity contribution in [1.82, 2.24) is 5.32 Å². The van der Waals surface area contributed by atoms with Crippen LogP contribution in [-0.2, 0) is 6.42 Å². The molecule has 0 amide bonds. The van der Waals surface area contributed by atoms with Crippen molar-refractivity contribution in [3.63, 3.8) is 0 Å². The number of nitrogens with one attached hydrogen (secondary N) is 1. The summed E-state index contributed by atoms with van der Waals surface area (Å²) >= 11 is 6.00. The maximum absolute atomic E-state index is 13.1. The largest absolute Gasteiger partial charge is 0.495 e. The average molecular weight is 218 g/mol. The zero-order valence-corrected chi connectivity index (χ0v) is 8.99. The monoisotopic (exact) mass is 217 g/mol. The molecule has 0 unspecified atom stereocenters. The Morgan fingerprint density at radius 1 is 1.50 bits per heavy atom. The van der Waals surface area contributed by atoms with Gasteiger partial charge in [-0.05, 0) is 31.6 Å². The number of methoxy groups -OCH3 is 1. The molecule has 0 atom stereocenters. The molecule has 0 bridgehead atoms. The molecular weight excluding hydrogens is 205 g/mol. The van der Waals surface area contributed by atoms with Crippen LogP contribution in [0.1, 0.15) is 5.56 Å². The van der Waals surface area contributed by atoms with Gasteiger partial charge in [-0.15, -0.1) is 0 Å². The van der Waals surface area contributed by atoms with Gasteiger partial charge in [-0.3, -0.25) is 0 Å². The molecule has 1 N–H and O–H groups in total. The number of halogens is 2. The molecular formula is C10H13ClFNO. The van der Waals surface area contributed by atoms with E-state index in [-0.39, 0.29) is 5.82 Å². The summed E-state index contributed by atoms with van der Waals surface area (Å²) < 4.78 is 18.0. The lowest BCUT2D eigenvalue weighted by atomic mass is 10.1. The predicted octanol–water partition coefficient (Wildman–Crippen LogP) is 2.25. The lowest BCUT2D eigenvalue weighted by Gasteiger charge is -2.08. The number of likely N-dealkylation sites (N-methyl/N-ethyl adjacent to an activating group) is 1. The Kier molecular flexibility index (Phi) is 4.17. The van der Waals surface area contributed by atoms with E-state index in [1.807, 2.05) is 7.05 Å². The fraction of sp³-hybridized carbons (Fsp3) is 0.400. The lowest BCUT2D eigenvalue weighted by molar-refractivity contribution is 0.411. The van der Waals surface area contributed by atoms with Gasteiger partial charge in [-0.25, -0.2) is 4.39 Å². The quantitative estimate of drug-likeness (QED) is 0.836. The summed E-state index contributed by atoms with van der Waals surface area (Å²) in [5.74, 6) is 0.0649. The number of rotatable bonds is 4. The van der Waals surface area contributed by atoms with E-state index in [0.717, 1.165) is 12.1 Å². The third-order valence-corrected chi connectivity index (χ3v) is 2.37. The number of benzene rings is 1. The van der Waals surface area contributed by atoms with Crippen LogP contribution < -0.4 is 10.1 Å². The van der Waals surface area contributed by atoms with Gasteiger partial charge >= 0.3 is 0 Å². The van der Waals surface area contributed by atoms with Crippen LogP contribution in [0.15, 0.2) is 12.1 Å². The van der Waals surface area contributed by atoms with E-state index in [9.17, 15) is 4.39 Å². The second kappa shape index (κ2) is 5.17. The van der Waals surface area contributed by atoms with E-state index in [1.165, 1.54) is 19.2 Å². The molecule has 0 aliphatic heterocycles. The average Bonchev–Trinajstić information content (AvgIpc) is 2.18. The zero-order chi connectivity index (χ0) is 10.6. The Labute approximate surface area is 88.0 Å². The van der Waals surface area contributed by atoms with Crippen molar-refractivity contribution in [2.75, 3.05) is 20.7 Å². The van der Waals surface area contributed by atoms with Crippen LogP contribution in [0.3, 0.4) is 0 Å². The maximum atomic E-state index is 13.1. The van der Waals surface area contributed by atoms with Gasteiger partial charge in [0.2, 0.25) is 0 Å². The molecule has 0 fully saturated rings. The zero-order valence-electron chi connectivity index (χ0n) is 8.23. The first-order chi connectivity index (χ1) is 6.69. The molecule has 78 valence electrons. The van der Waals surface area contributed by atoms with Gasteiger partial charge in [0.1, 0.15) is 11.6 Å². The molecule has 0 saturated carbocycles. The van der Waals surface area contributed by atoms with Crippen LogP contribution in [0.5, 0.6) is 5.75 Å². The van der Waals surface area contributed by atoms with E-state index >= 15 is 0 Å². The van der Waals surface area contributed by atoms with Crippen molar-refractivity contribution in [2.24, 2.45) is 0 Å². The molecule has 14 heavy (non-hydrogen) atoms. The smallest absolute Gasteiger partial charge is 0.140 e. The third-order valence-electron chi connectivity index (χ3n) is 1.94. The van der Waals surface area contributed by atoms with Crippen LogP contribution >= 0.6 is 11.6 Å². The van der Waals surface area contributed by atoms with Gasteiger partial charge in [0.15, 0.2) is 0 Å². The van der Waals surface area contributed by atoms with Gasteiger partial charge in [0, 0.05) is 6.07 Å². The molecule has 0 radical (unpaired) electrons. The predicted molar refractivity (Wildman–Crippen MR) is 55.6 cm³/mol. The Bertz CT molecular complexity index is 317. The summed E-state index contributed by atoms with van der Waals surface area (Å²) in [5.41, 5.74) is 0.762. The Balaban J connectivity index is 2.96. The van der Waals surface area contributed by atoms with Crippen molar-refractivity contribution >= 4 is 11.6 Å². The molecule has 2 nitrogen and oxygen atoms in total. The summed E-state index contributed by atoms with van der Waals surface area (Å²) in [6.45, 7) is 0.756. The minimum atomic E-state index is -0.322. The number of ether oxygens (including phenoxy) is 1. The highest BCUT2D eigenvalue weighted by atomic mass is 35.5. The van der Waals surface area contributed by atoms with Gasteiger partial charge in [0.25, 0.3) is 0 Å². The summed E-state index contributed by atoms with van der Waals surface area (Å²) in [7, 11) is 3.31. The summed E-state index contributed by atoms with van der Waals surface area (Å²) in [6.07, 6.45) is 0.684. The van der Waals surface area contributed by atoms with Crippen LogP contribution in [-0.4, -0.2) is 20.7 Å². The van der Waals surface area contributed by atoms with E-state index in [2.05, 4.69) is 5.32 Å². The molecule has 1 aromatic carbocycles. The van der Waals surface area contributed by atoms with Crippen molar-refractivity contribution in [3.8, 4) is 5.75 Å². The second-order valence-corrected chi connectivity index (χ2v) is 3.31. The topological polar surface area (TPSA) is 21.3 Å². The van der Waals surface area contributed by atoms with Crippen molar-refractivity contribution in [1.29, 1.82) is 0 Å². The molecule has 0 spiro atoms. The Morgan fingerprint density at radius 2 is 2.21 bits per heavy atom. The normalized spacial score (nSPS) is 10.3. The fourth-order valence-electron chi connectivity index (χ4n) is 1.21. The highest BCUT2D eigenvalue weighted by molar-refractivity contribution is 6.32. The van der Waals surface area contributed by atoms with Gasteiger partial charge in [0.05, 0.1) is 12.1 Å². The van der Waals surface area contributed by atoms with Gasteiger partial charge < -0.3 is 10.1 Å². The minimum Gasteiger partial charge on any atom is -0.495 e. The number of hydrogen-bond donors (Lipinski definition) is 1. The Hall–Kier alpha value is -0.800. The van der Waals surface area contributed by atoms with E-state index < -0.39 is 0 Å². The van der Waals surface area contributed by atoms with Crippen LogP contribution in [0.25, 0.3) is 0 Å². The van der Waals surface area contributed by atoms with Crippen LogP contribution in [0.4, 0.5) is 4.39 Å². The molecule has 0 heterocycles. The molecule has 0 aromatic heterocycles. The van der Waals surface area contributed by atoms with Gasteiger partial charge in [-0.1, -0.05) is 11.6 Å². The first-order valence-corrected chi connectivity index (χ1v) is 4.73. The Morgan fingerprint density at radius 3 is 2.79 bits per heavy atom. The number of hydrogen-bond acceptors (Lipinski definition) is 2.